The average Bonchev–Trinajstić information content (AvgIpc) is 2.21. The molecule has 0 aromatic carbocycles. The summed E-state index contributed by atoms with van der Waals surface area (Å²) in [5, 5.41) is 3.46. The van der Waals surface area contributed by atoms with Gasteiger partial charge in [-0.05, 0) is 25.8 Å². The molecule has 88 valence electrons. The van der Waals surface area contributed by atoms with Crippen molar-refractivity contribution in [1.29, 1.82) is 0 Å². The van der Waals surface area contributed by atoms with Crippen LogP contribution in [0.15, 0.2) is 0 Å². The first kappa shape index (κ1) is 14.5. The van der Waals surface area contributed by atoms with Gasteiger partial charge in [-0.3, -0.25) is 0 Å². The summed E-state index contributed by atoms with van der Waals surface area (Å²) in [6.45, 7) is 10.3. The lowest BCUT2D eigenvalue weighted by Gasteiger charge is -2.30. The molecule has 2 heteroatoms. The van der Waals surface area contributed by atoms with E-state index in [1.54, 1.807) is 0 Å². The molecule has 2 atom stereocenters. The minimum Gasteiger partial charge on any atom is -0.377 e. The third kappa shape index (κ3) is 5.81. The molecule has 0 radical (unpaired) electrons. The van der Waals surface area contributed by atoms with Crippen molar-refractivity contribution in [2.24, 2.45) is 5.92 Å². The first-order valence-electron chi connectivity index (χ1n) is 5.95. The van der Waals surface area contributed by atoms with Crippen molar-refractivity contribution in [3.8, 4) is 12.3 Å². The predicted molar refractivity (Wildman–Crippen MR) is 65.8 cm³/mol. The van der Waals surface area contributed by atoms with Crippen LogP contribution in [-0.4, -0.2) is 25.3 Å². The van der Waals surface area contributed by atoms with Crippen molar-refractivity contribution in [2.45, 2.75) is 52.7 Å². The largest absolute Gasteiger partial charge is 0.377 e. The van der Waals surface area contributed by atoms with E-state index >= 15 is 0 Å². The third-order valence-electron chi connectivity index (χ3n) is 2.48. The van der Waals surface area contributed by atoms with Gasteiger partial charge in [0.05, 0.1) is 6.10 Å². The Bertz CT molecular complexity index is 183. The van der Waals surface area contributed by atoms with Crippen LogP contribution in [0, 0.1) is 18.3 Å². The highest BCUT2D eigenvalue weighted by molar-refractivity contribution is 4.88. The molecule has 2 unspecified atom stereocenters. The van der Waals surface area contributed by atoms with Gasteiger partial charge in [0.15, 0.2) is 0 Å². The molecule has 0 aromatic heterocycles. The summed E-state index contributed by atoms with van der Waals surface area (Å²) < 4.78 is 5.78. The van der Waals surface area contributed by atoms with Crippen molar-refractivity contribution >= 4 is 0 Å². The molecule has 0 heterocycles. The Hall–Kier alpha value is -0.520. The molecule has 0 bridgehead atoms. The van der Waals surface area contributed by atoms with E-state index in [1.807, 2.05) is 6.92 Å². The van der Waals surface area contributed by atoms with Crippen molar-refractivity contribution in [3.63, 3.8) is 0 Å². The molecular formula is C13H25NO. The molecule has 15 heavy (non-hydrogen) atoms. The minimum atomic E-state index is 0.267. The monoisotopic (exact) mass is 211 g/mol. The highest BCUT2D eigenvalue weighted by Gasteiger charge is 2.23. The number of rotatable bonds is 8. The maximum absolute atomic E-state index is 5.78. The van der Waals surface area contributed by atoms with Gasteiger partial charge in [-0.2, -0.15) is 0 Å². The molecule has 2 nitrogen and oxygen atoms in total. The van der Waals surface area contributed by atoms with E-state index in [1.165, 1.54) is 0 Å². The standard InChI is InChI=1S/C13H25NO/c1-6-9-10-12(14-7-2)13(11(4)5)15-8-3/h1,11-14H,7-10H2,2-5H3. The summed E-state index contributed by atoms with van der Waals surface area (Å²) in [4.78, 5) is 0. The number of hydrogen-bond donors (Lipinski definition) is 1. The van der Waals surface area contributed by atoms with E-state index in [0.717, 1.165) is 26.0 Å². The van der Waals surface area contributed by atoms with Crippen molar-refractivity contribution in [3.05, 3.63) is 0 Å². The zero-order chi connectivity index (χ0) is 11.7. The summed E-state index contributed by atoms with van der Waals surface area (Å²) in [6.07, 6.45) is 7.38. The Morgan fingerprint density at radius 3 is 2.40 bits per heavy atom. The second kappa shape index (κ2) is 8.76. The summed E-state index contributed by atoms with van der Waals surface area (Å²) >= 11 is 0. The number of nitrogens with one attached hydrogen (secondary N) is 1. The summed E-state index contributed by atoms with van der Waals surface area (Å²) in [5.41, 5.74) is 0. The second-order valence-corrected chi connectivity index (χ2v) is 4.07. The molecule has 0 aliphatic carbocycles. The molecule has 0 saturated heterocycles. The number of terminal acetylenes is 1. The van der Waals surface area contributed by atoms with Gasteiger partial charge in [-0.25, -0.2) is 0 Å². The van der Waals surface area contributed by atoms with Gasteiger partial charge >= 0.3 is 0 Å². The SMILES string of the molecule is C#CCCC(NCC)C(OCC)C(C)C. The van der Waals surface area contributed by atoms with E-state index in [0.29, 0.717) is 12.0 Å². The van der Waals surface area contributed by atoms with Crippen molar-refractivity contribution in [1.82, 2.24) is 5.32 Å². The lowest BCUT2D eigenvalue weighted by Crippen LogP contribution is -2.44. The molecule has 0 amide bonds. The van der Waals surface area contributed by atoms with E-state index in [-0.39, 0.29) is 6.10 Å². The molecule has 0 aromatic rings. The zero-order valence-corrected chi connectivity index (χ0v) is 10.5. The zero-order valence-electron chi connectivity index (χ0n) is 10.5. The van der Waals surface area contributed by atoms with Gasteiger partial charge in [-0.1, -0.05) is 20.8 Å². The highest BCUT2D eigenvalue weighted by atomic mass is 16.5. The fourth-order valence-corrected chi connectivity index (χ4v) is 1.85. The molecular weight excluding hydrogens is 186 g/mol. The topological polar surface area (TPSA) is 21.3 Å². The normalized spacial score (nSPS) is 14.9. The average molecular weight is 211 g/mol. The van der Waals surface area contributed by atoms with Crippen LogP contribution >= 0.6 is 0 Å². The van der Waals surface area contributed by atoms with E-state index in [2.05, 4.69) is 32.0 Å². The lowest BCUT2D eigenvalue weighted by molar-refractivity contribution is 0.00222. The summed E-state index contributed by atoms with van der Waals surface area (Å²) in [7, 11) is 0. The van der Waals surface area contributed by atoms with Gasteiger partial charge in [0, 0.05) is 19.1 Å². The fourth-order valence-electron chi connectivity index (χ4n) is 1.85. The van der Waals surface area contributed by atoms with Gasteiger partial charge in [-0.15, -0.1) is 12.3 Å². The van der Waals surface area contributed by atoms with Gasteiger partial charge < -0.3 is 10.1 Å². The van der Waals surface area contributed by atoms with Crippen LogP contribution < -0.4 is 5.32 Å². The highest BCUT2D eigenvalue weighted by Crippen LogP contribution is 2.15. The lowest BCUT2D eigenvalue weighted by atomic mass is 9.96. The summed E-state index contributed by atoms with van der Waals surface area (Å²) in [6, 6.07) is 0.381. The Kier molecular flexibility index (Phi) is 8.46. The summed E-state index contributed by atoms with van der Waals surface area (Å²) in [5.74, 6) is 3.22. The Balaban J connectivity index is 4.31. The van der Waals surface area contributed by atoms with Crippen LogP contribution in [0.2, 0.25) is 0 Å². The van der Waals surface area contributed by atoms with Crippen LogP contribution in [-0.2, 0) is 4.74 Å². The van der Waals surface area contributed by atoms with E-state index in [4.69, 9.17) is 11.2 Å². The Morgan fingerprint density at radius 1 is 1.33 bits per heavy atom. The quantitative estimate of drug-likeness (QED) is 0.623. The molecule has 0 aliphatic rings. The van der Waals surface area contributed by atoms with Crippen LogP contribution in [0.25, 0.3) is 0 Å². The second-order valence-electron chi connectivity index (χ2n) is 4.07. The van der Waals surface area contributed by atoms with Crippen LogP contribution in [0.3, 0.4) is 0 Å². The maximum atomic E-state index is 5.78. The predicted octanol–water partition coefficient (Wildman–Crippen LogP) is 2.44. The van der Waals surface area contributed by atoms with E-state index in [9.17, 15) is 0 Å². The molecule has 0 rings (SSSR count). The molecule has 0 aliphatic heterocycles. The van der Waals surface area contributed by atoms with Crippen LogP contribution in [0.4, 0.5) is 0 Å². The van der Waals surface area contributed by atoms with Gasteiger partial charge in [0.2, 0.25) is 0 Å². The Morgan fingerprint density at radius 2 is 2.00 bits per heavy atom. The first-order valence-corrected chi connectivity index (χ1v) is 5.95. The molecule has 0 fully saturated rings. The first-order chi connectivity index (χ1) is 7.17. The number of hydrogen-bond acceptors (Lipinski definition) is 2. The van der Waals surface area contributed by atoms with Crippen LogP contribution in [0.5, 0.6) is 0 Å². The van der Waals surface area contributed by atoms with Crippen molar-refractivity contribution < 1.29 is 4.74 Å². The fraction of sp³-hybridized carbons (Fsp3) is 0.846. The third-order valence-corrected chi connectivity index (χ3v) is 2.48. The van der Waals surface area contributed by atoms with Gasteiger partial charge in [0.1, 0.15) is 0 Å². The van der Waals surface area contributed by atoms with Crippen molar-refractivity contribution in [2.75, 3.05) is 13.2 Å². The molecule has 0 spiro atoms. The number of likely N-dealkylation sites (N-methyl/N-ethyl adjacent to an activating group) is 1. The van der Waals surface area contributed by atoms with Gasteiger partial charge in [0.25, 0.3) is 0 Å². The van der Waals surface area contributed by atoms with Crippen LogP contribution in [0.1, 0.15) is 40.5 Å². The van der Waals surface area contributed by atoms with E-state index < -0.39 is 0 Å². The smallest absolute Gasteiger partial charge is 0.0750 e. The Labute approximate surface area is 94.8 Å². The maximum Gasteiger partial charge on any atom is 0.0750 e. The molecule has 0 saturated carbocycles. The number of ether oxygens (including phenoxy) is 1. The minimum absolute atomic E-state index is 0.267. The molecule has 1 N–H and O–H groups in total.